The van der Waals surface area contributed by atoms with Crippen LogP contribution in [-0.4, -0.2) is 28.0 Å². The van der Waals surface area contributed by atoms with Gasteiger partial charge in [-0.25, -0.2) is 10.4 Å². The number of hydrazone groups is 1. The minimum absolute atomic E-state index is 0.0243. The SMILES string of the molecule is O=C(Nc1ccc(Cl)cc1C(=O)NN=Cc1ccc(Cl)c(C(F)(F)F)c1)c1cnc2ccccc2n1. The molecule has 0 atom stereocenters. The lowest BCUT2D eigenvalue weighted by Crippen LogP contribution is -2.22. The lowest BCUT2D eigenvalue weighted by Gasteiger charge is -2.11. The number of amides is 2. The van der Waals surface area contributed by atoms with Gasteiger partial charge in [-0.3, -0.25) is 14.6 Å². The molecule has 2 N–H and O–H groups in total. The van der Waals surface area contributed by atoms with E-state index in [1.165, 1.54) is 30.5 Å². The molecule has 7 nitrogen and oxygen atoms in total. The molecule has 3 aromatic carbocycles. The van der Waals surface area contributed by atoms with E-state index >= 15 is 0 Å². The normalized spacial score (nSPS) is 11.6. The molecule has 1 aromatic heterocycles. The molecule has 0 bridgehead atoms. The van der Waals surface area contributed by atoms with Gasteiger partial charge in [-0.15, -0.1) is 0 Å². The summed E-state index contributed by atoms with van der Waals surface area (Å²) in [6.07, 6.45) is -2.32. The Kier molecular flexibility index (Phi) is 7.18. The maximum atomic E-state index is 13.0. The Morgan fingerprint density at radius 1 is 0.944 bits per heavy atom. The second kappa shape index (κ2) is 10.3. The van der Waals surface area contributed by atoms with Crippen molar-refractivity contribution in [1.29, 1.82) is 0 Å². The zero-order chi connectivity index (χ0) is 25.9. The first-order valence-electron chi connectivity index (χ1n) is 10.1. The number of halogens is 5. The Morgan fingerprint density at radius 2 is 1.69 bits per heavy atom. The second-order valence-corrected chi connectivity index (χ2v) is 8.17. The van der Waals surface area contributed by atoms with Gasteiger partial charge in [0.2, 0.25) is 0 Å². The largest absolute Gasteiger partial charge is 0.417 e. The van der Waals surface area contributed by atoms with E-state index in [0.29, 0.717) is 11.0 Å². The quantitative estimate of drug-likeness (QED) is 0.245. The van der Waals surface area contributed by atoms with Gasteiger partial charge in [0.15, 0.2) is 0 Å². The third-order valence-corrected chi connectivity index (χ3v) is 5.40. The lowest BCUT2D eigenvalue weighted by molar-refractivity contribution is -0.137. The fourth-order valence-electron chi connectivity index (χ4n) is 3.13. The number of nitrogens with zero attached hydrogens (tertiary/aromatic N) is 3. The summed E-state index contributed by atoms with van der Waals surface area (Å²) in [6, 6.07) is 14.4. The molecule has 0 saturated carbocycles. The van der Waals surface area contributed by atoms with Crippen molar-refractivity contribution in [3.63, 3.8) is 0 Å². The number of carbonyl (C=O) groups excluding carboxylic acids is 2. The van der Waals surface area contributed by atoms with Crippen molar-refractivity contribution in [3.8, 4) is 0 Å². The summed E-state index contributed by atoms with van der Waals surface area (Å²) < 4.78 is 39.1. The van der Waals surface area contributed by atoms with E-state index in [1.807, 2.05) is 0 Å². The number of carbonyl (C=O) groups is 2. The number of para-hydroxylation sites is 2. The fraction of sp³-hybridized carbons (Fsp3) is 0.0417. The van der Waals surface area contributed by atoms with Crippen molar-refractivity contribution in [1.82, 2.24) is 15.4 Å². The van der Waals surface area contributed by atoms with Gasteiger partial charge in [-0.05, 0) is 48.0 Å². The molecule has 4 rings (SSSR count). The van der Waals surface area contributed by atoms with Gasteiger partial charge in [-0.2, -0.15) is 18.3 Å². The molecule has 0 spiro atoms. The fourth-order valence-corrected chi connectivity index (χ4v) is 3.53. The number of fused-ring (bicyclic) bond motifs is 1. The zero-order valence-corrected chi connectivity index (χ0v) is 19.5. The van der Waals surface area contributed by atoms with Crippen LogP contribution in [0.25, 0.3) is 11.0 Å². The van der Waals surface area contributed by atoms with E-state index in [4.69, 9.17) is 23.2 Å². The highest BCUT2D eigenvalue weighted by Gasteiger charge is 2.33. The van der Waals surface area contributed by atoms with Crippen LogP contribution in [0.3, 0.4) is 0 Å². The Labute approximate surface area is 212 Å². The molecule has 0 unspecified atom stereocenters. The van der Waals surface area contributed by atoms with Crippen LogP contribution >= 0.6 is 23.2 Å². The number of benzene rings is 3. The highest BCUT2D eigenvalue weighted by atomic mass is 35.5. The molecular weight excluding hydrogens is 518 g/mol. The molecule has 0 aliphatic carbocycles. The number of alkyl halides is 3. The van der Waals surface area contributed by atoms with E-state index in [0.717, 1.165) is 18.3 Å². The highest BCUT2D eigenvalue weighted by molar-refractivity contribution is 6.31. The Morgan fingerprint density at radius 3 is 2.44 bits per heavy atom. The monoisotopic (exact) mass is 531 g/mol. The first-order chi connectivity index (χ1) is 17.1. The van der Waals surface area contributed by atoms with Crippen LogP contribution in [-0.2, 0) is 6.18 Å². The maximum absolute atomic E-state index is 13.0. The van der Waals surface area contributed by atoms with Crippen LogP contribution in [0.4, 0.5) is 18.9 Å². The molecule has 182 valence electrons. The summed E-state index contributed by atoms with van der Waals surface area (Å²) >= 11 is 11.6. The van der Waals surface area contributed by atoms with Crippen LogP contribution in [0.5, 0.6) is 0 Å². The Bertz CT molecular complexity index is 1510. The molecule has 1 heterocycles. The summed E-state index contributed by atoms with van der Waals surface area (Å²) in [5.74, 6) is -1.38. The first-order valence-corrected chi connectivity index (χ1v) is 10.9. The summed E-state index contributed by atoms with van der Waals surface area (Å²) in [5, 5.41) is 6.03. The topological polar surface area (TPSA) is 96.3 Å². The van der Waals surface area contributed by atoms with Gasteiger partial charge in [-0.1, -0.05) is 41.4 Å². The van der Waals surface area contributed by atoms with Gasteiger partial charge in [0, 0.05) is 5.02 Å². The van der Waals surface area contributed by atoms with Crippen LogP contribution < -0.4 is 10.7 Å². The maximum Gasteiger partial charge on any atom is 0.417 e. The number of hydrogen-bond acceptors (Lipinski definition) is 5. The van der Waals surface area contributed by atoms with Crippen LogP contribution in [0, 0.1) is 0 Å². The number of anilines is 1. The Balaban J connectivity index is 1.52. The molecule has 36 heavy (non-hydrogen) atoms. The molecule has 2 amide bonds. The van der Waals surface area contributed by atoms with Gasteiger partial charge in [0.05, 0.1) is 45.3 Å². The minimum Gasteiger partial charge on any atom is -0.320 e. The van der Waals surface area contributed by atoms with E-state index in [-0.39, 0.29) is 27.5 Å². The van der Waals surface area contributed by atoms with Crippen molar-refractivity contribution in [3.05, 3.63) is 99.3 Å². The molecule has 0 radical (unpaired) electrons. The van der Waals surface area contributed by atoms with E-state index in [1.54, 1.807) is 24.3 Å². The molecular formula is C24H14Cl2F3N5O2. The molecule has 4 aromatic rings. The summed E-state index contributed by atoms with van der Waals surface area (Å²) in [4.78, 5) is 33.9. The van der Waals surface area contributed by atoms with Crippen LogP contribution in [0.1, 0.15) is 32.0 Å². The summed E-state index contributed by atoms with van der Waals surface area (Å²) in [6.45, 7) is 0. The van der Waals surface area contributed by atoms with E-state index in [9.17, 15) is 22.8 Å². The van der Waals surface area contributed by atoms with Crippen molar-refractivity contribution in [2.75, 3.05) is 5.32 Å². The van der Waals surface area contributed by atoms with E-state index < -0.39 is 28.6 Å². The molecule has 0 saturated heterocycles. The van der Waals surface area contributed by atoms with Crippen molar-refractivity contribution in [2.45, 2.75) is 6.18 Å². The number of nitrogens with one attached hydrogen (secondary N) is 2. The van der Waals surface area contributed by atoms with Crippen LogP contribution in [0.15, 0.2) is 72.0 Å². The van der Waals surface area contributed by atoms with Crippen molar-refractivity contribution in [2.24, 2.45) is 5.10 Å². The summed E-state index contributed by atoms with van der Waals surface area (Å²) in [7, 11) is 0. The molecule has 12 heteroatoms. The Hall–Kier alpha value is -4.02. The molecule has 0 aliphatic rings. The highest BCUT2D eigenvalue weighted by Crippen LogP contribution is 2.34. The predicted octanol–water partition coefficient (Wildman–Crippen LogP) is 5.97. The number of hydrogen-bond donors (Lipinski definition) is 2. The average molecular weight is 532 g/mol. The third kappa shape index (κ3) is 5.78. The van der Waals surface area contributed by atoms with Gasteiger partial charge >= 0.3 is 6.18 Å². The predicted molar refractivity (Wildman–Crippen MR) is 130 cm³/mol. The lowest BCUT2D eigenvalue weighted by atomic mass is 10.1. The first kappa shape index (κ1) is 25.1. The smallest absolute Gasteiger partial charge is 0.320 e. The second-order valence-electron chi connectivity index (χ2n) is 7.32. The van der Waals surface area contributed by atoms with Crippen LogP contribution in [0.2, 0.25) is 10.0 Å². The van der Waals surface area contributed by atoms with Crippen molar-refractivity contribution < 1.29 is 22.8 Å². The third-order valence-electron chi connectivity index (χ3n) is 4.83. The minimum atomic E-state index is -4.65. The molecule has 0 aliphatic heterocycles. The number of aromatic nitrogens is 2. The number of rotatable bonds is 5. The standard InChI is InChI=1S/C24H14Cl2F3N5O2/c25-14-6-8-18(33-23(36)21-12-30-19-3-1-2-4-20(19)32-21)15(10-14)22(35)34-31-11-13-5-7-17(26)16(9-13)24(27,28)29/h1-12H,(H,33,36)(H,34,35). The average Bonchev–Trinajstić information content (AvgIpc) is 2.85. The van der Waals surface area contributed by atoms with E-state index in [2.05, 4.69) is 25.8 Å². The van der Waals surface area contributed by atoms with Gasteiger partial charge in [0.1, 0.15) is 5.69 Å². The van der Waals surface area contributed by atoms with Gasteiger partial charge < -0.3 is 5.32 Å². The zero-order valence-electron chi connectivity index (χ0n) is 18.0. The summed E-state index contributed by atoms with van der Waals surface area (Å²) in [5.41, 5.74) is 2.46. The van der Waals surface area contributed by atoms with Crippen molar-refractivity contribution >= 4 is 58.0 Å². The molecule has 0 fully saturated rings. The van der Waals surface area contributed by atoms with Gasteiger partial charge in [0.25, 0.3) is 11.8 Å².